The molecular weight excluding hydrogens is 610 g/mol. The lowest BCUT2D eigenvalue weighted by Gasteiger charge is -2.21. The molecule has 0 aliphatic carbocycles. The van der Waals surface area contributed by atoms with Gasteiger partial charge in [0.1, 0.15) is 18.2 Å². The number of hydrogen-bond donors (Lipinski definition) is 1. The summed E-state index contributed by atoms with van der Waals surface area (Å²) in [5.41, 5.74) is 1.22. The summed E-state index contributed by atoms with van der Waals surface area (Å²) in [7, 11) is 1.52. The van der Waals surface area contributed by atoms with E-state index in [1.165, 1.54) is 20.1 Å². The molecule has 0 saturated carbocycles. The number of amides is 1. The second-order valence-electron chi connectivity index (χ2n) is 11.5. The zero-order valence-electron chi connectivity index (χ0n) is 26.3. The minimum Gasteiger partial charge on any atom is -0.474 e. The van der Waals surface area contributed by atoms with Gasteiger partial charge in [-0.05, 0) is 81.3 Å². The average molecular weight is 646 g/mol. The van der Waals surface area contributed by atoms with Crippen molar-refractivity contribution in [3.05, 3.63) is 111 Å². The van der Waals surface area contributed by atoms with E-state index in [1.54, 1.807) is 63.2 Å². The van der Waals surface area contributed by atoms with Crippen molar-refractivity contribution in [2.45, 2.75) is 45.8 Å². The number of esters is 1. The standard InChI is InChI=1S/C35H36ClN3O7/c1-22(40)27-16-13-25(36)20-28(27)29-21-31(41)39(38-33(29)45-18-17-44-5)30(19-23-9-7-6-8-10-23)32(42)37-26-14-11-24(12-15-26)34(43)46-35(2,3)4/h6-16,20-21,30H,17-19H2,1-5H3,(H,37,42)/t30-/m0/s1. The highest BCUT2D eigenvalue weighted by molar-refractivity contribution is 6.31. The van der Waals surface area contributed by atoms with Gasteiger partial charge in [0.05, 0.1) is 17.7 Å². The molecule has 1 aromatic heterocycles. The first-order valence-corrected chi connectivity index (χ1v) is 15.0. The maximum atomic E-state index is 13.9. The fraction of sp³-hybridized carbons (Fsp3) is 0.286. The number of anilines is 1. The largest absolute Gasteiger partial charge is 0.474 e. The Balaban J connectivity index is 1.76. The molecule has 3 aromatic carbocycles. The van der Waals surface area contributed by atoms with Gasteiger partial charge < -0.3 is 19.5 Å². The van der Waals surface area contributed by atoms with Gasteiger partial charge in [-0.2, -0.15) is 0 Å². The number of benzene rings is 3. The van der Waals surface area contributed by atoms with Crippen LogP contribution in [0.3, 0.4) is 0 Å². The first-order chi connectivity index (χ1) is 21.9. The van der Waals surface area contributed by atoms with Crippen molar-refractivity contribution in [1.29, 1.82) is 0 Å². The summed E-state index contributed by atoms with van der Waals surface area (Å²) in [4.78, 5) is 52.6. The Morgan fingerprint density at radius 1 is 0.935 bits per heavy atom. The van der Waals surface area contributed by atoms with Crippen LogP contribution in [-0.2, 0) is 20.7 Å². The number of Topliss-reactive ketones (excluding diaryl/α,β-unsaturated/α-hetero) is 1. The summed E-state index contributed by atoms with van der Waals surface area (Å²) in [6.07, 6.45) is 0.127. The van der Waals surface area contributed by atoms with Crippen LogP contribution in [0.4, 0.5) is 5.69 Å². The highest BCUT2D eigenvalue weighted by Crippen LogP contribution is 2.33. The van der Waals surface area contributed by atoms with Gasteiger partial charge >= 0.3 is 5.97 Å². The fourth-order valence-electron chi connectivity index (χ4n) is 4.62. The van der Waals surface area contributed by atoms with Gasteiger partial charge in [0, 0.05) is 35.9 Å². The molecule has 10 nitrogen and oxygen atoms in total. The lowest BCUT2D eigenvalue weighted by molar-refractivity contribution is -0.119. The van der Waals surface area contributed by atoms with Crippen LogP contribution < -0.4 is 15.6 Å². The molecule has 0 spiro atoms. The molecule has 0 aliphatic heterocycles. The number of carbonyl (C=O) groups is 3. The van der Waals surface area contributed by atoms with Gasteiger partial charge in [0.25, 0.3) is 5.56 Å². The molecule has 4 aromatic rings. The van der Waals surface area contributed by atoms with Crippen molar-refractivity contribution < 1.29 is 28.6 Å². The third-order valence-electron chi connectivity index (χ3n) is 6.76. The van der Waals surface area contributed by atoms with Crippen LogP contribution in [0.25, 0.3) is 11.1 Å². The van der Waals surface area contributed by atoms with Crippen molar-refractivity contribution in [2.75, 3.05) is 25.6 Å². The molecule has 0 aliphatic rings. The van der Waals surface area contributed by atoms with E-state index in [0.29, 0.717) is 27.4 Å². The van der Waals surface area contributed by atoms with Gasteiger partial charge in [-0.15, -0.1) is 5.10 Å². The van der Waals surface area contributed by atoms with Crippen LogP contribution in [-0.4, -0.2) is 53.4 Å². The van der Waals surface area contributed by atoms with Crippen molar-refractivity contribution >= 4 is 34.9 Å². The number of nitrogens with zero attached hydrogens (tertiary/aromatic N) is 2. The van der Waals surface area contributed by atoms with Gasteiger partial charge in [-0.25, -0.2) is 9.48 Å². The Kier molecular flexibility index (Phi) is 11.1. The molecule has 240 valence electrons. The predicted octanol–water partition coefficient (Wildman–Crippen LogP) is 6.17. The van der Waals surface area contributed by atoms with Gasteiger partial charge in [-0.1, -0.05) is 41.9 Å². The molecule has 46 heavy (non-hydrogen) atoms. The van der Waals surface area contributed by atoms with Crippen LogP contribution in [0.1, 0.15) is 60.0 Å². The Morgan fingerprint density at radius 2 is 1.63 bits per heavy atom. The fourth-order valence-corrected chi connectivity index (χ4v) is 4.80. The third-order valence-corrected chi connectivity index (χ3v) is 6.99. The molecule has 11 heteroatoms. The SMILES string of the molecule is COCCOc1nn([C@@H](Cc2ccccc2)C(=O)Nc2ccc(C(=O)OC(C)(C)C)cc2)c(=O)cc1-c1cc(Cl)ccc1C(C)=O. The first kappa shape index (κ1) is 34.1. The quantitative estimate of drug-likeness (QED) is 0.110. The Morgan fingerprint density at radius 3 is 2.26 bits per heavy atom. The van der Waals surface area contributed by atoms with Crippen LogP contribution in [0.15, 0.2) is 83.7 Å². The molecule has 1 amide bonds. The maximum Gasteiger partial charge on any atom is 0.338 e. The number of methoxy groups -OCH3 is 1. The van der Waals surface area contributed by atoms with Crippen LogP contribution >= 0.6 is 11.6 Å². The average Bonchev–Trinajstić information content (AvgIpc) is 3.00. The van der Waals surface area contributed by atoms with E-state index in [-0.39, 0.29) is 36.9 Å². The smallest absolute Gasteiger partial charge is 0.338 e. The zero-order chi connectivity index (χ0) is 33.4. The summed E-state index contributed by atoms with van der Waals surface area (Å²) >= 11 is 6.28. The van der Waals surface area contributed by atoms with E-state index in [4.69, 9.17) is 25.8 Å². The Labute approximate surface area is 272 Å². The van der Waals surface area contributed by atoms with Crippen molar-refractivity contribution in [3.8, 4) is 17.0 Å². The predicted molar refractivity (Wildman–Crippen MR) is 176 cm³/mol. The van der Waals surface area contributed by atoms with Crippen LogP contribution in [0.5, 0.6) is 5.88 Å². The number of rotatable bonds is 12. The summed E-state index contributed by atoms with van der Waals surface area (Å²) in [6.45, 7) is 7.06. The minimum atomic E-state index is -1.11. The molecule has 1 atom stereocenters. The molecule has 0 radical (unpaired) electrons. The van der Waals surface area contributed by atoms with E-state index in [2.05, 4.69) is 10.4 Å². The Bertz CT molecular complexity index is 1760. The van der Waals surface area contributed by atoms with Crippen LogP contribution in [0, 0.1) is 0 Å². The molecule has 0 bridgehead atoms. The highest BCUT2D eigenvalue weighted by Gasteiger charge is 2.27. The molecule has 1 heterocycles. The molecule has 0 saturated heterocycles. The molecule has 0 unspecified atom stereocenters. The van der Waals surface area contributed by atoms with Crippen molar-refractivity contribution in [2.24, 2.45) is 0 Å². The topological polar surface area (TPSA) is 126 Å². The third kappa shape index (κ3) is 8.89. The molecule has 1 N–H and O–H groups in total. The second kappa shape index (κ2) is 15.0. The summed E-state index contributed by atoms with van der Waals surface area (Å²) in [6, 6.07) is 20.4. The van der Waals surface area contributed by atoms with E-state index in [1.807, 2.05) is 30.3 Å². The normalized spacial score (nSPS) is 11.9. The van der Waals surface area contributed by atoms with Gasteiger partial charge in [0.2, 0.25) is 11.8 Å². The van der Waals surface area contributed by atoms with E-state index < -0.39 is 29.1 Å². The molecular formula is C35H36ClN3O7. The molecule has 4 rings (SSSR count). The van der Waals surface area contributed by atoms with Gasteiger partial charge in [-0.3, -0.25) is 14.4 Å². The number of aromatic nitrogens is 2. The van der Waals surface area contributed by atoms with Crippen molar-refractivity contribution in [1.82, 2.24) is 9.78 Å². The first-order valence-electron chi connectivity index (χ1n) is 14.6. The lowest BCUT2D eigenvalue weighted by Crippen LogP contribution is -2.36. The van der Waals surface area contributed by atoms with E-state index in [0.717, 1.165) is 10.2 Å². The highest BCUT2D eigenvalue weighted by atomic mass is 35.5. The van der Waals surface area contributed by atoms with Crippen molar-refractivity contribution in [3.63, 3.8) is 0 Å². The number of halogens is 1. The van der Waals surface area contributed by atoms with Gasteiger partial charge in [0.15, 0.2) is 5.78 Å². The number of carbonyl (C=O) groups excluding carboxylic acids is 3. The lowest BCUT2D eigenvalue weighted by atomic mass is 9.98. The number of ketones is 1. The second-order valence-corrected chi connectivity index (χ2v) is 11.9. The zero-order valence-corrected chi connectivity index (χ0v) is 27.1. The molecule has 0 fully saturated rings. The van der Waals surface area contributed by atoms with Crippen LogP contribution in [0.2, 0.25) is 5.02 Å². The van der Waals surface area contributed by atoms with E-state index >= 15 is 0 Å². The Hall–Kier alpha value is -4.80. The summed E-state index contributed by atoms with van der Waals surface area (Å²) < 4.78 is 17.6. The summed E-state index contributed by atoms with van der Waals surface area (Å²) in [5, 5.41) is 7.72. The number of hydrogen-bond acceptors (Lipinski definition) is 8. The minimum absolute atomic E-state index is 0.0222. The number of nitrogens with one attached hydrogen (secondary N) is 1. The maximum absolute atomic E-state index is 13.9. The number of ether oxygens (including phenoxy) is 3. The monoisotopic (exact) mass is 645 g/mol. The summed E-state index contributed by atoms with van der Waals surface area (Å²) in [5.74, 6) is -1.23. The van der Waals surface area contributed by atoms with E-state index in [9.17, 15) is 19.2 Å².